The molecule has 0 radical (unpaired) electrons. The summed E-state index contributed by atoms with van der Waals surface area (Å²) in [6.07, 6.45) is 7.85. The molecule has 1 aromatic carbocycles. The van der Waals surface area contributed by atoms with E-state index in [1.165, 1.54) is 4.68 Å². The summed E-state index contributed by atoms with van der Waals surface area (Å²) < 4.78 is 10.6. The molecular formula is C24H29N5O3. The minimum Gasteiger partial charge on any atom is -0.383 e. The third-order valence-electron chi connectivity index (χ3n) is 6.41. The van der Waals surface area contributed by atoms with Crippen LogP contribution in [0.1, 0.15) is 53.8 Å². The second kappa shape index (κ2) is 8.78. The summed E-state index contributed by atoms with van der Waals surface area (Å²) in [6.45, 7) is 2.22. The van der Waals surface area contributed by atoms with Gasteiger partial charge in [-0.1, -0.05) is 0 Å². The summed E-state index contributed by atoms with van der Waals surface area (Å²) >= 11 is 0. The molecular weight excluding hydrogens is 406 g/mol. The molecule has 32 heavy (non-hydrogen) atoms. The molecule has 1 unspecified atom stereocenters. The standard InChI is InChI=1S/C24H29N5O3/c1-32-16-15-28-24(31)29(21-10-11-21)22(25-28)19-5-4-14-27(17-19)23(30)18-6-8-20(9-7-18)26-12-2-3-13-26/h2-3,6-9,12-13,19,21H,4-5,10-11,14-17H2,1H3. The molecule has 1 aliphatic carbocycles. The van der Waals surface area contributed by atoms with Gasteiger partial charge >= 0.3 is 5.69 Å². The number of carbonyl (C=O) groups is 1. The van der Waals surface area contributed by atoms with Crippen LogP contribution in [0.2, 0.25) is 0 Å². The molecule has 2 aliphatic rings. The fraction of sp³-hybridized carbons (Fsp3) is 0.458. The van der Waals surface area contributed by atoms with Crippen LogP contribution in [0.5, 0.6) is 0 Å². The Labute approximate surface area is 187 Å². The van der Waals surface area contributed by atoms with Crippen LogP contribution in [0.25, 0.3) is 5.69 Å². The Hall–Kier alpha value is -3.13. The normalized spacial score (nSPS) is 18.8. The van der Waals surface area contributed by atoms with Gasteiger partial charge in [0, 0.05) is 55.8 Å². The summed E-state index contributed by atoms with van der Waals surface area (Å²) in [5, 5.41) is 4.69. The van der Waals surface area contributed by atoms with Crippen LogP contribution in [0.3, 0.4) is 0 Å². The number of piperidine rings is 1. The zero-order valence-electron chi connectivity index (χ0n) is 18.4. The summed E-state index contributed by atoms with van der Waals surface area (Å²) in [5.41, 5.74) is 1.66. The highest BCUT2D eigenvalue weighted by molar-refractivity contribution is 5.94. The van der Waals surface area contributed by atoms with Crippen molar-refractivity contribution in [3.05, 3.63) is 70.7 Å². The number of methoxy groups -OCH3 is 1. The molecule has 0 bridgehead atoms. The van der Waals surface area contributed by atoms with Crippen LogP contribution in [0, 0.1) is 0 Å². The molecule has 1 aliphatic heterocycles. The predicted octanol–water partition coefficient (Wildman–Crippen LogP) is 2.84. The lowest BCUT2D eigenvalue weighted by Crippen LogP contribution is -2.40. The highest BCUT2D eigenvalue weighted by atomic mass is 16.5. The van der Waals surface area contributed by atoms with E-state index in [-0.39, 0.29) is 23.6 Å². The molecule has 1 saturated heterocycles. The van der Waals surface area contributed by atoms with E-state index in [2.05, 4.69) is 5.10 Å². The van der Waals surface area contributed by atoms with Crippen molar-refractivity contribution in [3.63, 3.8) is 0 Å². The average molecular weight is 436 g/mol. The van der Waals surface area contributed by atoms with E-state index >= 15 is 0 Å². The van der Waals surface area contributed by atoms with Gasteiger partial charge in [-0.25, -0.2) is 9.48 Å². The molecule has 1 saturated carbocycles. The van der Waals surface area contributed by atoms with Gasteiger partial charge < -0.3 is 14.2 Å². The first-order valence-corrected chi connectivity index (χ1v) is 11.4. The Balaban J connectivity index is 1.34. The first-order chi connectivity index (χ1) is 15.7. The number of rotatable bonds is 7. The maximum atomic E-state index is 13.2. The van der Waals surface area contributed by atoms with Crippen molar-refractivity contribution in [1.82, 2.24) is 23.8 Å². The van der Waals surface area contributed by atoms with Gasteiger partial charge in [0.1, 0.15) is 5.82 Å². The monoisotopic (exact) mass is 435 g/mol. The van der Waals surface area contributed by atoms with Gasteiger partial charge in [0.2, 0.25) is 0 Å². The van der Waals surface area contributed by atoms with Crippen molar-refractivity contribution in [3.8, 4) is 5.69 Å². The van der Waals surface area contributed by atoms with Crippen LogP contribution in [0.4, 0.5) is 0 Å². The molecule has 2 fully saturated rings. The van der Waals surface area contributed by atoms with Crippen LogP contribution < -0.4 is 5.69 Å². The van der Waals surface area contributed by atoms with Gasteiger partial charge in [-0.2, -0.15) is 5.10 Å². The average Bonchev–Trinajstić information content (AvgIpc) is 3.40. The Bertz CT molecular complexity index is 1130. The SMILES string of the molecule is COCCn1nc(C2CCCN(C(=O)c3ccc(-n4cccc4)cc3)C2)n(C2CC2)c1=O. The van der Waals surface area contributed by atoms with E-state index in [1.54, 1.807) is 7.11 Å². The van der Waals surface area contributed by atoms with Crippen molar-refractivity contribution in [2.24, 2.45) is 0 Å². The fourth-order valence-corrected chi connectivity index (χ4v) is 4.55. The smallest absolute Gasteiger partial charge is 0.346 e. The van der Waals surface area contributed by atoms with Gasteiger partial charge in [0.25, 0.3) is 5.91 Å². The third kappa shape index (κ3) is 4.02. The van der Waals surface area contributed by atoms with Crippen LogP contribution >= 0.6 is 0 Å². The van der Waals surface area contributed by atoms with Crippen LogP contribution in [0.15, 0.2) is 53.6 Å². The summed E-state index contributed by atoms with van der Waals surface area (Å²) in [4.78, 5) is 28.1. The zero-order valence-corrected chi connectivity index (χ0v) is 18.4. The molecule has 168 valence electrons. The number of carbonyl (C=O) groups excluding carboxylic acids is 1. The zero-order chi connectivity index (χ0) is 22.1. The van der Waals surface area contributed by atoms with Gasteiger partial charge in [0.15, 0.2) is 0 Å². The minimum atomic E-state index is -0.0522. The molecule has 1 atom stereocenters. The molecule has 2 aromatic heterocycles. The lowest BCUT2D eigenvalue weighted by Gasteiger charge is -2.32. The van der Waals surface area contributed by atoms with Gasteiger partial charge in [-0.3, -0.25) is 9.36 Å². The molecule has 0 N–H and O–H groups in total. The van der Waals surface area contributed by atoms with Crippen molar-refractivity contribution >= 4 is 5.91 Å². The molecule has 8 heteroatoms. The second-order valence-electron chi connectivity index (χ2n) is 8.69. The number of hydrogen-bond donors (Lipinski definition) is 0. The fourth-order valence-electron chi connectivity index (χ4n) is 4.55. The minimum absolute atomic E-state index is 0.0351. The van der Waals surface area contributed by atoms with Crippen molar-refractivity contribution < 1.29 is 9.53 Å². The summed E-state index contributed by atoms with van der Waals surface area (Å²) in [5.74, 6) is 0.936. The van der Waals surface area contributed by atoms with E-state index in [0.29, 0.717) is 25.3 Å². The summed E-state index contributed by atoms with van der Waals surface area (Å²) in [7, 11) is 1.62. The topological polar surface area (TPSA) is 74.3 Å². The largest absolute Gasteiger partial charge is 0.383 e. The molecule has 0 spiro atoms. The van der Waals surface area contributed by atoms with Gasteiger partial charge in [-0.15, -0.1) is 0 Å². The predicted molar refractivity (Wildman–Crippen MR) is 120 cm³/mol. The van der Waals surface area contributed by atoms with E-state index in [9.17, 15) is 9.59 Å². The molecule has 3 heterocycles. The number of hydrogen-bond acceptors (Lipinski definition) is 4. The van der Waals surface area contributed by atoms with Crippen molar-refractivity contribution in [1.29, 1.82) is 0 Å². The van der Waals surface area contributed by atoms with Crippen molar-refractivity contribution in [2.75, 3.05) is 26.8 Å². The number of ether oxygens (including phenoxy) is 1. The molecule has 1 amide bonds. The van der Waals surface area contributed by atoms with Crippen molar-refractivity contribution in [2.45, 2.75) is 44.2 Å². The second-order valence-corrected chi connectivity index (χ2v) is 8.69. The van der Waals surface area contributed by atoms with E-state index in [0.717, 1.165) is 43.7 Å². The number of likely N-dealkylation sites (tertiary alicyclic amines) is 1. The molecule has 3 aromatic rings. The Morgan fingerprint density at radius 2 is 1.88 bits per heavy atom. The van der Waals surface area contributed by atoms with E-state index in [4.69, 9.17) is 4.74 Å². The first-order valence-electron chi connectivity index (χ1n) is 11.4. The molecule has 8 nitrogen and oxygen atoms in total. The highest BCUT2D eigenvalue weighted by Crippen LogP contribution is 2.37. The first kappa shape index (κ1) is 20.8. The number of amides is 1. The van der Waals surface area contributed by atoms with E-state index < -0.39 is 0 Å². The Morgan fingerprint density at radius 3 is 2.56 bits per heavy atom. The quantitative estimate of drug-likeness (QED) is 0.572. The number of aromatic nitrogens is 4. The number of benzene rings is 1. The Kier molecular flexibility index (Phi) is 5.70. The molecule has 5 rings (SSSR count). The highest BCUT2D eigenvalue weighted by Gasteiger charge is 2.35. The lowest BCUT2D eigenvalue weighted by molar-refractivity contribution is 0.0703. The summed E-state index contributed by atoms with van der Waals surface area (Å²) in [6, 6.07) is 11.9. The van der Waals surface area contributed by atoms with Crippen LogP contribution in [-0.2, 0) is 11.3 Å². The van der Waals surface area contributed by atoms with Gasteiger partial charge in [0.05, 0.1) is 13.2 Å². The maximum absolute atomic E-state index is 13.2. The van der Waals surface area contributed by atoms with Crippen LogP contribution in [-0.4, -0.2) is 56.5 Å². The Morgan fingerprint density at radius 1 is 1.12 bits per heavy atom. The maximum Gasteiger partial charge on any atom is 0.346 e. The third-order valence-corrected chi connectivity index (χ3v) is 6.41. The van der Waals surface area contributed by atoms with Gasteiger partial charge in [-0.05, 0) is 62.1 Å². The number of nitrogens with zero attached hydrogens (tertiary/aromatic N) is 5. The lowest BCUT2D eigenvalue weighted by atomic mass is 9.96. The van der Waals surface area contributed by atoms with E-state index in [1.807, 2.05) is 62.8 Å².